The molecule has 0 spiro atoms. The first-order valence-electron chi connectivity index (χ1n) is 6.27. The third-order valence-corrected chi connectivity index (χ3v) is 2.96. The van der Waals surface area contributed by atoms with E-state index in [-0.39, 0.29) is 0 Å². The Morgan fingerprint density at radius 3 is 2.83 bits per heavy atom. The molecule has 0 amide bonds. The van der Waals surface area contributed by atoms with Crippen molar-refractivity contribution < 1.29 is 0 Å². The second-order valence-corrected chi connectivity index (χ2v) is 4.17. The number of anilines is 1. The average Bonchev–Trinajstić information content (AvgIpc) is 2.84. The Balaban J connectivity index is 2.18. The molecule has 2 rings (SSSR count). The van der Waals surface area contributed by atoms with Crippen LogP contribution in [-0.2, 0) is 13.0 Å². The maximum atomic E-state index is 4.31. The molecule has 0 aliphatic heterocycles. The van der Waals surface area contributed by atoms with E-state index in [1.165, 1.54) is 11.1 Å². The zero-order valence-corrected chi connectivity index (χ0v) is 10.8. The van der Waals surface area contributed by atoms with Crippen molar-refractivity contribution in [3.63, 3.8) is 0 Å². The molecule has 1 N–H and O–H groups in total. The molecule has 0 saturated carbocycles. The topological polar surface area (TPSA) is 29.9 Å². The van der Waals surface area contributed by atoms with Crippen molar-refractivity contribution in [2.75, 3.05) is 11.9 Å². The number of aromatic nitrogens is 2. The highest BCUT2D eigenvalue weighted by atomic mass is 15.2. The van der Waals surface area contributed by atoms with Gasteiger partial charge in [-0.1, -0.05) is 37.3 Å². The zero-order valence-electron chi connectivity index (χ0n) is 10.8. The van der Waals surface area contributed by atoms with Crippen LogP contribution in [0.4, 0.5) is 5.95 Å². The van der Waals surface area contributed by atoms with Crippen LogP contribution in [0.3, 0.4) is 0 Å². The summed E-state index contributed by atoms with van der Waals surface area (Å²) < 4.78 is 2.12. The van der Waals surface area contributed by atoms with Gasteiger partial charge < -0.3 is 9.88 Å². The molecule has 18 heavy (non-hydrogen) atoms. The summed E-state index contributed by atoms with van der Waals surface area (Å²) in [7, 11) is 0. The first-order chi connectivity index (χ1) is 8.85. The minimum atomic E-state index is 0.729. The number of imidazole rings is 1. The van der Waals surface area contributed by atoms with E-state index < -0.39 is 0 Å². The van der Waals surface area contributed by atoms with Gasteiger partial charge in [-0.15, -0.1) is 6.58 Å². The molecule has 0 bridgehead atoms. The first-order valence-corrected chi connectivity index (χ1v) is 6.27. The monoisotopic (exact) mass is 241 g/mol. The van der Waals surface area contributed by atoms with Gasteiger partial charge in [0.25, 0.3) is 0 Å². The third kappa shape index (κ3) is 2.80. The van der Waals surface area contributed by atoms with E-state index in [1.54, 1.807) is 0 Å². The van der Waals surface area contributed by atoms with Crippen LogP contribution < -0.4 is 5.32 Å². The fourth-order valence-electron chi connectivity index (χ4n) is 2.01. The minimum Gasteiger partial charge on any atom is -0.352 e. The van der Waals surface area contributed by atoms with Crippen molar-refractivity contribution in [1.82, 2.24) is 9.55 Å². The number of nitrogens with zero attached hydrogens (tertiary/aromatic N) is 2. The molecule has 1 aromatic heterocycles. The van der Waals surface area contributed by atoms with Crippen molar-refractivity contribution in [1.29, 1.82) is 0 Å². The van der Waals surface area contributed by atoms with E-state index in [0.29, 0.717) is 0 Å². The molecule has 0 aliphatic carbocycles. The molecule has 0 radical (unpaired) electrons. The minimum absolute atomic E-state index is 0.729. The Morgan fingerprint density at radius 1 is 1.33 bits per heavy atom. The maximum absolute atomic E-state index is 4.31. The van der Waals surface area contributed by atoms with Gasteiger partial charge in [0.2, 0.25) is 5.95 Å². The lowest BCUT2D eigenvalue weighted by atomic mass is 10.1. The van der Waals surface area contributed by atoms with E-state index in [2.05, 4.69) is 52.6 Å². The fraction of sp³-hybridized carbons (Fsp3) is 0.267. The van der Waals surface area contributed by atoms with Crippen molar-refractivity contribution >= 4 is 5.95 Å². The number of hydrogen-bond acceptors (Lipinski definition) is 2. The molecule has 1 aromatic carbocycles. The number of hydrogen-bond donors (Lipinski definition) is 1. The smallest absolute Gasteiger partial charge is 0.203 e. The van der Waals surface area contributed by atoms with Crippen LogP contribution in [0.5, 0.6) is 0 Å². The van der Waals surface area contributed by atoms with Gasteiger partial charge in [-0.05, 0) is 17.5 Å². The van der Waals surface area contributed by atoms with Crippen LogP contribution in [0.1, 0.15) is 18.1 Å². The Bertz CT molecular complexity index is 514. The normalized spacial score (nSPS) is 10.3. The molecule has 3 heteroatoms. The van der Waals surface area contributed by atoms with Crippen LogP contribution in [0.25, 0.3) is 0 Å². The summed E-state index contributed by atoms with van der Waals surface area (Å²) in [6.07, 6.45) is 6.71. The summed E-state index contributed by atoms with van der Waals surface area (Å²) in [4.78, 5) is 4.31. The SMILES string of the molecule is C=CCNc1nccn1Cc1ccccc1CC. The van der Waals surface area contributed by atoms with Crippen molar-refractivity contribution in [3.8, 4) is 0 Å². The van der Waals surface area contributed by atoms with E-state index in [0.717, 1.165) is 25.5 Å². The van der Waals surface area contributed by atoms with E-state index in [9.17, 15) is 0 Å². The standard InChI is InChI=1S/C15H19N3/c1-3-9-16-15-17-10-11-18(15)12-14-8-6-5-7-13(14)4-2/h3,5-8,10-11H,1,4,9,12H2,2H3,(H,16,17). The highest BCUT2D eigenvalue weighted by Gasteiger charge is 2.04. The molecule has 0 atom stereocenters. The fourth-order valence-corrected chi connectivity index (χ4v) is 2.01. The van der Waals surface area contributed by atoms with E-state index in [4.69, 9.17) is 0 Å². The van der Waals surface area contributed by atoms with Crippen LogP contribution in [0, 0.1) is 0 Å². The van der Waals surface area contributed by atoms with Crippen LogP contribution in [0.2, 0.25) is 0 Å². The predicted octanol–water partition coefficient (Wildman–Crippen LogP) is 3.09. The lowest BCUT2D eigenvalue weighted by Crippen LogP contribution is -2.08. The zero-order chi connectivity index (χ0) is 12.8. The van der Waals surface area contributed by atoms with Gasteiger partial charge in [0.15, 0.2) is 0 Å². The Labute approximate surface area is 108 Å². The Morgan fingerprint density at radius 2 is 2.11 bits per heavy atom. The molecule has 0 unspecified atom stereocenters. The van der Waals surface area contributed by atoms with Crippen LogP contribution in [0.15, 0.2) is 49.3 Å². The molecule has 0 aliphatic rings. The van der Waals surface area contributed by atoms with Gasteiger partial charge in [0.1, 0.15) is 0 Å². The average molecular weight is 241 g/mol. The second kappa shape index (κ2) is 6.05. The molecule has 94 valence electrons. The highest BCUT2D eigenvalue weighted by Crippen LogP contribution is 2.14. The second-order valence-electron chi connectivity index (χ2n) is 4.17. The van der Waals surface area contributed by atoms with Gasteiger partial charge in [-0.3, -0.25) is 0 Å². The lowest BCUT2D eigenvalue weighted by molar-refractivity contribution is 0.791. The van der Waals surface area contributed by atoms with Gasteiger partial charge in [0.05, 0.1) is 6.54 Å². The number of benzene rings is 1. The molecule has 1 heterocycles. The number of nitrogens with one attached hydrogen (secondary N) is 1. The molecule has 3 nitrogen and oxygen atoms in total. The summed E-state index contributed by atoms with van der Waals surface area (Å²) in [5.41, 5.74) is 2.74. The summed E-state index contributed by atoms with van der Waals surface area (Å²) >= 11 is 0. The largest absolute Gasteiger partial charge is 0.352 e. The summed E-state index contributed by atoms with van der Waals surface area (Å²) in [6, 6.07) is 8.54. The quantitative estimate of drug-likeness (QED) is 0.788. The molecular formula is C15H19N3. The maximum Gasteiger partial charge on any atom is 0.203 e. The molecule has 0 saturated heterocycles. The summed E-state index contributed by atoms with van der Waals surface area (Å²) in [5.74, 6) is 0.890. The van der Waals surface area contributed by atoms with Crippen LogP contribution >= 0.6 is 0 Å². The van der Waals surface area contributed by atoms with Crippen molar-refractivity contribution in [2.45, 2.75) is 19.9 Å². The van der Waals surface area contributed by atoms with Crippen molar-refractivity contribution in [3.05, 3.63) is 60.4 Å². The first kappa shape index (κ1) is 12.4. The lowest BCUT2D eigenvalue weighted by Gasteiger charge is -2.11. The summed E-state index contributed by atoms with van der Waals surface area (Å²) in [6.45, 7) is 7.47. The van der Waals surface area contributed by atoms with Gasteiger partial charge >= 0.3 is 0 Å². The summed E-state index contributed by atoms with van der Waals surface area (Å²) in [5, 5.41) is 3.23. The predicted molar refractivity (Wildman–Crippen MR) is 75.8 cm³/mol. The van der Waals surface area contributed by atoms with E-state index in [1.807, 2.05) is 18.5 Å². The molecular weight excluding hydrogens is 222 g/mol. The van der Waals surface area contributed by atoms with Gasteiger partial charge in [0, 0.05) is 18.9 Å². The molecule has 2 aromatic rings. The molecule has 0 fully saturated rings. The van der Waals surface area contributed by atoms with Gasteiger partial charge in [-0.25, -0.2) is 4.98 Å². The number of rotatable bonds is 6. The van der Waals surface area contributed by atoms with E-state index >= 15 is 0 Å². The Kier molecular flexibility index (Phi) is 4.18. The highest BCUT2D eigenvalue weighted by molar-refractivity contribution is 5.32. The Hall–Kier alpha value is -2.03. The number of aryl methyl sites for hydroxylation is 1. The van der Waals surface area contributed by atoms with Gasteiger partial charge in [-0.2, -0.15) is 0 Å². The third-order valence-electron chi connectivity index (χ3n) is 2.96. The van der Waals surface area contributed by atoms with Crippen LogP contribution in [-0.4, -0.2) is 16.1 Å². The van der Waals surface area contributed by atoms with Crippen molar-refractivity contribution in [2.24, 2.45) is 0 Å².